The van der Waals surface area contributed by atoms with Crippen LogP contribution in [0.4, 0.5) is 0 Å². The predicted octanol–water partition coefficient (Wildman–Crippen LogP) is 2.37. The van der Waals surface area contributed by atoms with Crippen molar-refractivity contribution in [2.45, 2.75) is 26.3 Å². The van der Waals surface area contributed by atoms with Gasteiger partial charge in [0.05, 0.1) is 10.7 Å². The van der Waals surface area contributed by atoms with Gasteiger partial charge in [-0.25, -0.2) is 4.98 Å². The number of nitrogens with zero attached hydrogens (tertiary/aromatic N) is 1. The Morgan fingerprint density at radius 1 is 1.69 bits per heavy atom. The zero-order valence-corrected chi connectivity index (χ0v) is 8.86. The Balaban J connectivity index is 2.24. The molecule has 2 nitrogen and oxygen atoms in total. The van der Waals surface area contributed by atoms with E-state index in [0.29, 0.717) is 0 Å². The zero-order valence-electron chi connectivity index (χ0n) is 8.05. The van der Waals surface area contributed by atoms with Crippen LogP contribution in [0.5, 0.6) is 0 Å². The van der Waals surface area contributed by atoms with Gasteiger partial charge >= 0.3 is 0 Å². The lowest BCUT2D eigenvalue weighted by atomic mass is 10.4. The second-order valence-corrected chi connectivity index (χ2v) is 3.78. The van der Waals surface area contributed by atoms with E-state index < -0.39 is 0 Å². The normalized spacial score (nSPS) is 10.2. The van der Waals surface area contributed by atoms with Crippen LogP contribution in [0.2, 0.25) is 0 Å². The minimum atomic E-state index is 0.879. The minimum absolute atomic E-state index is 0.879. The fourth-order valence-corrected chi connectivity index (χ4v) is 1.76. The molecule has 0 radical (unpaired) electrons. The average Bonchev–Trinajstić information content (AvgIpc) is 2.60. The van der Waals surface area contributed by atoms with E-state index >= 15 is 0 Å². The molecule has 1 rings (SSSR count). The van der Waals surface area contributed by atoms with Crippen molar-refractivity contribution in [1.82, 2.24) is 10.3 Å². The summed E-state index contributed by atoms with van der Waals surface area (Å²) in [5.74, 6) is 0. The maximum Gasteiger partial charge on any atom is 0.0926 e. The van der Waals surface area contributed by atoms with Gasteiger partial charge in [-0.05, 0) is 19.4 Å². The fourth-order valence-electron chi connectivity index (χ4n) is 1.01. The van der Waals surface area contributed by atoms with Crippen molar-refractivity contribution in [2.24, 2.45) is 0 Å². The summed E-state index contributed by atoms with van der Waals surface area (Å²) in [5, 5.41) is 6.66. The van der Waals surface area contributed by atoms with E-state index in [1.807, 2.05) is 6.08 Å². The molecule has 1 N–H and O–H groups in total. The molecule has 1 aromatic heterocycles. The summed E-state index contributed by atoms with van der Waals surface area (Å²) in [4.78, 5) is 4.46. The topological polar surface area (TPSA) is 24.9 Å². The van der Waals surface area contributed by atoms with Gasteiger partial charge < -0.3 is 5.32 Å². The molecule has 0 aromatic carbocycles. The third-order valence-corrected chi connectivity index (χ3v) is 2.78. The van der Waals surface area contributed by atoms with Gasteiger partial charge in [0.25, 0.3) is 0 Å². The van der Waals surface area contributed by atoms with Crippen molar-refractivity contribution in [3.05, 3.63) is 28.7 Å². The molecular weight excluding hydrogens is 180 g/mol. The fraction of sp³-hybridized carbons (Fsp3) is 0.500. The first kappa shape index (κ1) is 10.4. The highest BCUT2D eigenvalue weighted by Gasteiger charge is 1.98. The number of aryl methyl sites for hydroxylation is 1. The van der Waals surface area contributed by atoms with Crippen LogP contribution < -0.4 is 5.32 Å². The minimum Gasteiger partial charge on any atom is -0.311 e. The second kappa shape index (κ2) is 5.89. The van der Waals surface area contributed by atoms with Crippen LogP contribution >= 0.6 is 11.3 Å². The average molecular weight is 196 g/mol. The van der Waals surface area contributed by atoms with Crippen LogP contribution in [0.1, 0.15) is 24.0 Å². The Labute approximate surface area is 83.7 Å². The van der Waals surface area contributed by atoms with Gasteiger partial charge in [0, 0.05) is 11.9 Å². The van der Waals surface area contributed by atoms with E-state index in [1.165, 1.54) is 5.01 Å². The highest BCUT2D eigenvalue weighted by molar-refractivity contribution is 7.09. The third kappa shape index (κ3) is 3.70. The lowest BCUT2D eigenvalue weighted by molar-refractivity contribution is 0.684. The van der Waals surface area contributed by atoms with E-state index in [1.54, 1.807) is 11.3 Å². The largest absolute Gasteiger partial charge is 0.311 e. The van der Waals surface area contributed by atoms with Gasteiger partial charge in [0.15, 0.2) is 0 Å². The molecule has 0 fully saturated rings. The van der Waals surface area contributed by atoms with Gasteiger partial charge in [-0.15, -0.1) is 17.9 Å². The molecule has 1 aromatic rings. The van der Waals surface area contributed by atoms with Gasteiger partial charge in [-0.2, -0.15) is 0 Å². The molecule has 3 heteroatoms. The van der Waals surface area contributed by atoms with Crippen LogP contribution in [0.15, 0.2) is 18.0 Å². The Morgan fingerprint density at radius 2 is 2.54 bits per heavy atom. The summed E-state index contributed by atoms with van der Waals surface area (Å²) < 4.78 is 0. The van der Waals surface area contributed by atoms with Crippen LogP contribution in [-0.4, -0.2) is 11.5 Å². The van der Waals surface area contributed by atoms with Gasteiger partial charge in [-0.1, -0.05) is 13.0 Å². The van der Waals surface area contributed by atoms with Gasteiger partial charge in [0.1, 0.15) is 0 Å². The number of hydrogen-bond donors (Lipinski definition) is 1. The highest BCUT2D eigenvalue weighted by atomic mass is 32.1. The number of hydrogen-bond acceptors (Lipinski definition) is 3. The van der Waals surface area contributed by atoms with Crippen molar-refractivity contribution >= 4 is 11.3 Å². The Hall–Kier alpha value is -0.670. The van der Waals surface area contributed by atoms with Crippen molar-refractivity contribution in [3.8, 4) is 0 Å². The second-order valence-electron chi connectivity index (χ2n) is 2.84. The molecule has 72 valence electrons. The molecule has 0 amide bonds. The van der Waals surface area contributed by atoms with Crippen molar-refractivity contribution < 1.29 is 0 Å². The van der Waals surface area contributed by atoms with Crippen molar-refractivity contribution in [3.63, 3.8) is 0 Å². The van der Waals surface area contributed by atoms with E-state index in [4.69, 9.17) is 0 Å². The molecule has 0 saturated heterocycles. The highest BCUT2D eigenvalue weighted by Crippen LogP contribution is 2.09. The standard InChI is InChI=1S/C10H16N2S/c1-3-5-6-11-7-9-8-13-10(4-2)12-9/h3,8,11H,1,4-7H2,2H3. The SMILES string of the molecule is C=CCCNCc1csc(CC)n1. The summed E-state index contributed by atoms with van der Waals surface area (Å²) >= 11 is 1.74. The molecule has 0 spiro atoms. The lowest BCUT2D eigenvalue weighted by Crippen LogP contribution is -2.14. The molecule has 0 aliphatic rings. The lowest BCUT2D eigenvalue weighted by Gasteiger charge is -1.98. The molecule has 0 aliphatic carbocycles. The molecule has 1 heterocycles. The monoisotopic (exact) mass is 196 g/mol. The van der Waals surface area contributed by atoms with E-state index in [9.17, 15) is 0 Å². The number of nitrogens with one attached hydrogen (secondary N) is 1. The van der Waals surface area contributed by atoms with Crippen molar-refractivity contribution in [1.29, 1.82) is 0 Å². The summed E-state index contributed by atoms with van der Waals surface area (Å²) in [6, 6.07) is 0. The summed E-state index contributed by atoms with van der Waals surface area (Å²) in [5.41, 5.74) is 1.16. The maximum absolute atomic E-state index is 4.46. The number of thiazole rings is 1. The number of aromatic nitrogens is 1. The van der Waals surface area contributed by atoms with E-state index in [2.05, 4.69) is 29.2 Å². The molecule has 0 bridgehead atoms. The first-order valence-corrected chi connectivity index (χ1v) is 5.49. The molecule has 0 unspecified atom stereocenters. The third-order valence-electron chi connectivity index (χ3n) is 1.73. The summed E-state index contributed by atoms with van der Waals surface area (Å²) in [6.45, 7) is 7.67. The summed E-state index contributed by atoms with van der Waals surface area (Å²) in [7, 11) is 0. The van der Waals surface area contributed by atoms with Crippen LogP contribution in [0.25, 0.3) is 0 Å². The van der Waals surface area contributed by atoms with E-state index in [-0.39, 0.29) is 0 Å². The Morgan fingerprint density at radius 3 is 3.15 bits per heavy atom. The summed E-state index contributed by atoms with van der Waals surface area (Å²) in [6.07, 6.45) is 3.98. The van der Waals surface area contributed by atoms with E-state index in [0.717, 1.165) is 31.6 Å². The Kier molecular flexibility index (Phi) is 4.72. The van der Waals surface area contributed by atoms with Crippen LogP contribution in [0, 0.1) is 0 Å². The van der Waals surface area contributed by atoms with Crippen molar-refractivity contribution in [2.75, 3.05) is 6.54 Å². The molecular formula is C10H16N2S. The molecule has 0 atom stereocenters. The Bertz CT molecular complexity index is 255. The number of rotatable bonds is 6. The first-order valence-electron chi connectivity index (χ1n) is 4.61. The zero-order chi connectivity index (χ0) is 9.52. The molecule has 13 heavy (non-hydrogen) atoms. The predicted molar refractivity (Wildman–Crippen MR) is 58.0 cm³/mol. The van der Waals surface area contributed by atoms with Gasteiger partial charge in [-0.3, -0.25) is 0 Å². The first-order chi connectivity index (χ1) is 6.36. The van der Waals surface area contributed by atoms with Crippen LogP contribution in [-0.2, 0) is 13.0 Å². The maximum atomic E-state index is 4.46. The molecule has 0 saturated carbocycles. The quantitative estimate of drug-likeness (QED) is 0.558. The smallest absolute Gasteiger partial charge is 0.0926 e. The molecule has 0 aliphatic heterocycles. The van der Waals surface area contributed by atoms with Gasteiger partial charge in [0.2, 0.25) is 0 Å². The van der Waals surface area contributed by atoms with Crippen LogP contribution in [0.3, 0.4) is 0 Å².